The number of halogens is 1. The van der Waals surface area contributed by atoms with Gasteiger partial charge in [-0.3, -0.25) is 10.1 Å². The number of carbonyl (C=O) groups is 1. The van der Waals surface area contributed by atoms with Crippen LogP contribution in [0.25, 0.3) is 11.5 Å². The molecule has 1 amide bonds. The zero-order valence-corrected chi connectivity index (χ0v) is 12.6. The lowest BCUT2D eigenvalue weighted by atomic mass is 10.2. The van der Waals surface area contributed by atoms with Crippen LogP contribution in [0, 0.1) is 0 Å². The van der Waals surface area contributed by atoms with Gasteiger partial charge in [-0.1, -0.05) is 12.1 Å². The quantitative estimate of drug-likeness (QED) is 0.838. The normalized spacial score (nSPS) is 10.5. The fourth-order valence-electron chi connectivity index (χ4n) is 1.61. The van der Waals surface area contributed by atoms with Crippen molar-refractivity contribution >= 4 is 21.8 Å². The number of benzene rings is 1. The summed E-state index contributed by atoms with van der Waals surface area (Å²) in [6.07, 6.45) is 0. The predicted octanol–water partition coefficient (Wildman–Crippen LogP) is 1.72. The fourth-order valence-corrected chi connectivity index (χ4v) is 2.07. The topological polar surface area (TPSA) is 80.0 Å². The molecule has 0 saturated heterocycles. The molecule has 2 rings (SSSR count). The van der Waals surface area contributed by atoms with Gasteiger partial charge in [0.2, 0.25) is 17.7 Å². The minimum atomic E-state index is -0.0574. The molecule has 0 aliphatic rings. The highest BCUT2D eigenvalue weighted by Gasteiger charge is 2.11. The van der Waals surface area contributed by atoms with Crippen LogP contribution in [0.2, 0.25) is 0 Å². The van der Waals surface area contributed by atoms with Crippen LogP contribution in [-0.4, -0.2) is 29.2 Å². The minimum Gasteiger partial charge on any atom is -0.419 e. The van der Waals surface area contributed by atoms with Gasteiger partial charge in [-0.15, -0.1) is 10.2 Å². The van der Waals surface area contributed by atoms with Crippen LogP contribution in [0.5, 0.6) is 0 Å². The van der Waals surface area contributed by atoms with Crippen molar-refractivity contribution in [1.29, 1.82) is 0 Å². The molecule has 0 fully saturated rings. The second-order valence-electron chi connectivity index (χ2n) is 4.04. The Balaban J connectivity index is 1.93. The fraction of sp³-hybridized carbons (Fsp3) is 0.308. The zero-order chi connectivity index (χ0) is 14.4. The summed E-state index contributed by atoms with van der Waals surface area (Å²) >= 11 is 3.43. The minimum absolute atomic E-state index is 0.0574. The molecule has 7 heteroatoms. The highest BCUT2D eigenvalue weighted by molar-refractivity contribution is 9.10. The van der Waals surface area contributed by atoms with Gasteiger partial charge in [-0.05, 0) is 35.0 Å². The van der Waals surface area contributed by atoms with Crippen LogP contribution in [0.4, 0.5) is 0 Å². The van der Waals surface area contributed by atoms with E-state index in [2.05, 4.69) is 36.8 Å². The smallest absolute Gasteiger partial charge is 0.248 e. The van der Waals surface area contributed by atoms with Crippen molar-refractivity contribution in [2.75, 3.05) is 13.1 Å². The third-order valence-electron chi connectivity index (χ3n) is 2.51. The molecular weight excluding hydrogens is 324 g/mol. The lowest BCUT2D eigenvalue weighted by Crippen LogP contribution is -2.33. The van der Waals surface area contributed by atoms with Crippen molar-refractivity contribution in [3.63, 3.8) is 0 Å². The predicted molar refractivity (Wildman–Crippen MR) is 77.8 cm³/mol. The third-order valence-corrected chi connectivity index (χ3v) is 3.20. The second-order valence-corrected chi connectivity index (χ2v) is 4.89. The first kappa shape index (κ1) is 14.7. The largest absolute Gasteiger partial charge is 0.419 e. The van der Waals surface area contributed by atoms with E-state index in [1.165, 1.54) is 0 Å². The summed E-state index contributed by atoms with van der Waals surface area (Å²) in [5.41, 5.74) is 0.843. The summed E-state index contributed by atoms with van der Waals surface area (Å²) in [6, 6.07) is 7.62. The van der Waals surface area contributed by atoms with E-state index in [4.69, 9.17) is 4.42 Å². The van der Waals surface area contributed by atoms with Gasteiger partial charge in [-0.2, -0.15) is 0 Å². The van der Waals surface area contributed by atoms with Gasteiger partial charge >= 0.3 is 0 Å². The van der Waals surface area contributed by atoms with Crippen molar-refractivity contribution < 1.29 is 9.21 Å². The molecule has 0 radical (unpaired) electrons. The Bertz CT molecular complexity index is 585. The van der Waals surface area contributed by atoms with Crippen molar-refractivity contribution in [3.05, 3.63) is 34.6 Å². The molecule has 0 aliphatic carbocycles. The monoisotopic (exact) mass is 338 g/mol. The molecule has 0 unspecified atom stereocenters. The van der Waals surface area contributed by atoms with E-state index >= 15 is 0 Å². The maximum Gasteiger partial charge on any atom is 0.248 e. The standard InChI is InChI=1S/C13H15BrN4O2/c1-2-16-11(19)7-15-8-12-17-18-13(20-12)9-5-3-4-6-10(9)14/h3-6,15H,2,7-8H2,1H3,(H,16,19). The Hall–Kier alpha value is -1.73. The van der Waals surface area contributed by atoms with Gasteiger partial charge in [0.15, 0.2) is 0 Å². The van der Waals surface area contributed by atoms with Crippen molar-refractivity contribution in [2.45, 2.75) is 13.5 Å². The van der Waals surface area contributed by atoms with Crippen LogP contribution >= 0.6 is 15.9 Å². The van der Waals surface area contributed by atoms with Crippen LogP contribution in [0.3, 0.4) is 0 Å². The number of nitrogens with zero attached hydrogens (tertiary/aromatic N) is 2. The maximum atomic E-state index is 11.3. The molecule has 20 heavy (non-hydrogen) atoms. The van der Waals surface area contributed by atoms with Crippen LogP contribution in [0.15, 0.2) is 33.2 Å². The second kappa shape index (κ2) is 7.16. The molecule has 2 N–H and O–H groups in total. The lowest BCUT2D eigenvalue weighted by molar-refractivity contribution is -0.120. The maximum absolute atomic E-state index is 11.3. The number of aromatic nitrogens is 2. The Morgan fingerprint density at radius 1 is 1.35 bits per heavy atom. The molecule has 106 valence electrons. The number of carbonyl (C=O) groups excluding carboxylic acids is 1. The molecule has 0 aliphatic heterocycles. The van der Waals surface area contributed by atoms with E-state index in [1.54, 1.807) is 0 Å². The Morgan fingerprint density at radius 3 is 2.90 bits per heavy atom. The number of rotatable bonds is 6. The molecule has 0 spiro atoms. The molecule has 1 heterocycles. The van der Waals surface area contributed by atoms with Gasteiger partial charge < -0.3 is 9.73 Å². The average molecular weight is 339 g/mol. The Kier molecular flexibility index (Phi) is 5.25. The van der Waals surface area contributed by atoms with Gasteiger partial charge in [0.25, 0.3) is 0 Å². The van der Waals surface area contributed by atoms with E-state index in [0.29, 0.717) is 24.9 Å². The first-order valence-electron chi connectivity index (χ1n) is 6.25. The Morgan fingerprint density at radius 2 is 2.15 bits per heavy atom. The lowest BCUT2D eigenvalue weighted by Gasteiger charge is -2.02. The van der Waals surface area contributed by atoms with Gasteiger partial charge in [0.1, 0.15) is 0 Å². The molecule has 0 saturated carbocycles. The summed E-state index contributed by atoms with van der Waals surface area (Å²) in [5, 5.41) is 13.6. The van der Waals surface area contributed by atoms with E-state index in [0.717, 1.165) is 10.0 Å². The van der Waals surface area contributed by atoms with Crippen LogP contribution in [0.1, 0.15) is 12.8 Å². The summed E-state index contributed by atoms with van der Waals surface area (Å²) in [6.45, 7) is 3.07. The van der Waals surface area contributed by atoms with E-state index in [1.807, 2.05) is 31.2 Å². The van der Waals surface area contributed by atoms with Gasteiger partial charge in [0, 0.05) is 11.0 Å². The van der Waals surface area contributed by atoms with Gasteiger partial charge in [0.05, 0.1) is 18.7 Å². The SMILES string of the molecule is CCNC(=O)CNCc1nnc(-c2ccccc2Br)o1. The summed E-state index contributed by atoms with van der Waals surface area (Å²) in [5.74, 6) is 0.838. The summed E-state index contributed by atoms with van der Waals surface area (Å²) in [4.78, 5) is 11.3. The number of likely N-dealkylation sites (N-methyl/N-ethyl adjacent to an activating group) is 1. The van der Waals surface area contributed by atoms with Crippen molar-refractivity contribution in [3.8, 4) is 11.5 Å². The van der Waals surface area contributed by atoms with Crippen molar-refractivity contribution in [1.82, 2.24) is 20.8 Å². The van der Waals surface area contributed by atoms with E-state index in [-0.39, 0.29) is 12.5 Å². The molecular formula is C13H15BrN4O2. The first-order valence-corrected chi connectivity index (χ1v) is 7.04. The zero-order valence-electron chi connectivity index (χ0n) is 11.0. The van der Waals surface area contributed by atoms with E-state index in [9.17, 15) is 4.79 Å². The van der Waals surface area contributed by atoms with E-state index < -0.39 is 0 Å². The third kappa shape index (κ3) is 3.88. The molecule has 2 aromatic rings. The highest BCUT2D eigenvalue weighted by Crippen LogP contribution is 2.26. The summed E-state index contributed by atoms with van der Waals surface area (Å²) in [7, 11) is 0. The average Bonchev–Trinajstić information content (AvgIpc) is 2.88. The van der Waals surface area contributed by atoms with Crippen LogP contribution in [-0.2, 0) is 11.3 Å². The molecule has 0 bridgehead atoms. The highest BCUT2D eigenvalue weighted by atomic mass is 79.9. The number of hydrogen-bond acceptors (Lipinski definition) is 5. The van der Waals surface area contributed by atoms with Crippen molar-refractivity contribution in [2.24, 2.45) is 0 Å². The van der Waals surface area contributed by atoms with Gasteiger partial charge in [-0.25, -0.2) is 0 Å². The number of hydrogen-bond donors (Lipinski definition) is 2. The molecule has 6 nitrogen and oxygen atoms in total. The van der Waals surface area contributed by atoms with Crippen LogP contribution < -0.4 is 10.6 Å². The molecule has 0 atom stereocenters. The molecule has 1 aromatic heterocycles. The summed E-state index contributed by atoms with van der Waals surface area (Å²) < 4.78 is 6.44. The molecule has 1 aromatic carbocycles. The first-order chi connectivity index (χ1) is 9.70. The Labute approximate surface area is 125 Å². The number of nitrogens with one attached hydrogen (secondary N) is 2. The number of amides is 1.